The van der Waals surface area contributed by atoms with E-state index in [4.69, 9.17) is 0 Å². The van der Waals surface area contributed by atoms with Crippen LogP contribution in [0.3, 0.4) is 0 Å². The molecule has 2 aliphatic rings. The molecule has 1 aromatic heterocycles. The van der Waals surface area contributed by atoms with Crippen LogP contribution in [0.15, 0.2) is 10.2 Å². The fourth-order valence-electron chi connectivity index (χ4n) is 3.56. The monoisotopic (exact) mass is 267 g/mol. The van der Waals surface area contributed by atoms with Gasteiger partial charge in [-0.25, -0.2) is 0 Å². The molecule has 2 atom stereocenters. The van der Waals surface area contributed by atoms with E-state index in [0.717, 1.165) is 12.2 Å². The van der Waals surface area contributed by atoms with E-state index in [-0.39, 0.29) is 4.87 Å². The number of H-pyrrole nitrogens is 1. The van der Waals surface area contributed by atoms with Crippen molar-refractivity contribution >= 4 is 11.3 Å². The first-order valence-corrected chi connectivity index (χ1v) is 7.74. The highest BCUT2D eigenvalue weighted by molar-refractivity contribution is 7.07. The average Bonchev–Trinajstić information content (AvgIpc) is 2.74. The number of thiazole rings is 1. The lowest BCUT2D eigenvalue weighted by atomic mass is 9.81. The van der Waals surface area contributed by atoms with E-state index in [9.17, 15) is 4.79 Å². The first-order valence-electron chi connectivity index (χ1n) is 6.86. The third-order valence-electron chi connectivity index (χ3n) is 4.46. The van der Waals surface area contributed by atoms with Crippen LogP contribution in [0, 0.1) is 0 Å². The van der Waals surface area contributed by atoms with E-state index in [1.807, 2.05) is 5.38 Å². The van der Waals surface area contributed by atoms with Gasteiger partial charge in [0.2, 0.25) is 0 Å². The summed E-state index contributed by atoms with van der Waals surface area (Å²) in [5, 5.41) is 5.41. The van der Waals surface area contributed by atoms with E-state index in [1.54, 1.807) is 0 Å². The molecule has 0 radical (unpaired) electrons. The zero-order valence-electron chi connectivity index (χ0n) is 10.8. The normalized spacial score (nSPS) is 32.6. The van der Waals surface area contributed by atoms with Gasteiger partial charge in [0.05, 0.1) is 0 Å². The highest BCUT2D eigenvalue weighted by Gasteiger charge is 2.37. The molecule has 3 heterocycles. The fourth-order valence-corrected chi connectivity index (χ4v) is 4.13. The van der Waals surface area contributed by atoms with Crippen molar-refractivity contribution in [2.45, 2.75) is 56.8 Å². The second-order valence-electron chi connectivity index (χ2n) is 5.54. The first-order chi connectivity index (χ1) is 8.76. The largest absolute Gasteiger partial charge is 0.317 e. The molecule has 18 heavy (non-hydrogen) atoms. The van der Waals surface area contributed by atoms with Crippen molar-refractivity contribution < 1.29 is 0 Å². The number of hydrogen-bond donors (Lipinski definition) is 2. The van der Waals surface area contributed by atoms with Crippen LogP contribution in [-0.4, -0.2) is 35.1 Å². The van der Waals surface area contributed by atoms with E-state index in [2.05, 4.69) is 22.2 Å². The smallest absolute Gasteiger partial charge is 0.304 e. The number of rotatable bonds is 3. The molecule has 2 aliphatic heterocycles. The van der Waals surface area contributed by atoms with Crippen LogP contribution in [0.2, 0.25) is 0 Å². The van der Waals surface area contributed by atoms with E-state index in [1.165, 1.54) is 43.4 Å². The maximum absolute atomic E-state index is 11.2. The van der Waals surface area contributed by atoms with Gasteiger partial charge >= 0.3 is 4.87 Å². The molecule has 3 rings (SSSR count). The van der Waals surface area contributed by atoms with Crippen molar-refractivity contribution in [2.24, 2.45) is 0 Å². The summed E-state index contributed by atoms with van der Waals surface area (Å²) in [4.78, 5) is 16.8. The van der Waals surface area contributed by atoms with Crippen LogP contribution in [0.25, 0.3) is 0 Å². The Morgan fingerprint density at radius 2 is 2.17 bits per heavy atom. The molecule has 4 nitrogen and oxygen atoms in total. The Hall–Kier alpha value is -0.650. The summed E-state index contributed by atoms with van der Waals surface area (Å²) >= 11 is 1.28. The molecule has 0 aromatic carbocycles. The van der Waals surface area contributed by atoms with Gasteiger partial charge in [-0.05, 0) is 32.7 Å². The molecule has 2 N–H and O–H groups in total. The molecule has 0 spiro atoms. The lowest BCUT2D eigenvalue weighted by Crippen LogP contribution is -2.55. The lowest BCUT2D eigenvalue weighted by molar-refractivity contribution is 0.0182. The molecule has 2 saturated heterocycles. The highest BCUT2D eigenvalue weighted by Crippen LogP contribution is 2.34. The lowest BCUT2D eigenvalue weighted by Gasteiger charge is -2.48. The summed E-state index contributed by atoms with van der Waals surface area (Å²) in [5.74, 6) is 0. The van der Waals surface area contributed by atoms with Gasteiger partial charge in [0.25, 0.3) is 0 Å². The number of nitrogens with one attached hydrogen (secondary N) is 2. The summed E-state index contributed by atoms with van der Waals surface area (Å²) in [7, 11) is 2.08. The van der Waals surface area contributed by atoms with Crippen molar-refractivity contribution in [1.82, 2.24) is 15.2 Å². The molecule has 2 fully saturated rings. The summed E-state index contributed by atoms with van der Waals surface area (Å²) in [5.41, 5.74) is 1.09. The summed E-state index contributed by atoms with van der Waals surface area (Å²) in [6, 6.07) is 2.06. The van der Waals surface area contributed by atoms with E-state index >= 15 is 0 Å². The number of aromatic nitrogens is 1. The number of hydrogen-bond acceptors (Lipinski definition) is 4. The van der Waals surface area contributed by atoms with Crippen LogP contribution >= 0.6 is 11.3 Å². The molecular formula is C13H21N3OS. The Balaban J connectivity index is 1.73. The van der Waals surface area contributed by atoms with Crippen LogP contribution in [0.5, 0.6) is 0 Å². The predicted octanol–water partition coefficient (Wildman–Crippen LogP) is 1.54. The predicted molar refractivity (Wildman–Crippen MR) is 74.0 cm³/mol. The third kappa shape index (κ3) is 2.39. The van der Waals surface area contributed by atoms with Gasteiger partial charge in [0.15, 0.2) is 0 Å². The minimum atomic E-state index is 0.0697. The Morgan fingerprint density at radius 3 is 2.72 bits per heavy atom. The van der Waals surface area contributed by atoms with Crippen LogP contribution in [0.4, 0.5) is 0 Å². The Morgan fingerprint density at radius 1 is 1.44 bits per heavy atom. The number of aromatic amines is 1. The third-order valence-corrected chi connectivity index (χ3v) is 5.18. The van der Waals surface area contributed by atoms with E-state index < -0.39 is 0 Å². The second kappa shape index (κ2) is 5.15. The van der Waals surface area contributed by atoms with Gasteiger partial charge in [-0.1, -0.05) is 17.8 Å². The van der Waals surface area contributed by atoms with Gasteiger partial charge in [-0.3, -0.25) is 9.69 Å². The van der Waals surface area contributed by atoms with Crippen LogP contribution < -0.4 is 10.2 Å². The van der Waals surface area contributed by atoms with Crippen molar-refractivity contribution in [2.75, 3.05) is 7.05 Å². The number of nitrogens with zero attached hydrogens (tertiary/aromatic N) is 1. The Labute approximate surface area is 111 Å². The van der Waals surface area contributed by atoms with Crippen LogP contribution in [0.1, 0.15) is 37.8 Å². The second-order valence-corrected chi connectivity index (χ2v) is 6.38. The highest BCUT2D eigenvalue weighted by atomic mass is 32.1. The van der Waals surface area contributed by atoms with Crippen LogP contribution in [-0.2, 0) is 6.54 Å². The van der Waals surface area contributed by atoms with Gasteiger partial charge in [-0.15, -0.1) is 0 Å². The number of fused-ring (bicyclic) bond motifs is 2. The Bertz CT molecular complexity index is 441. The average molecular weight is 267 g/mol. The zero-order chi connectivity index (χ0) is 12.5. The van der Waals surface area contributed by atoms with Crippen molar-refractivity contribution in [3.8, 4) is 0 Å². The minimum Gasteiger partial charge on any atom is -0.317 e. The van der Waals surface area contributed by atoms with E-state index in [0.29, 0.717) is 18.1 Å². The molecule has 1 aromatic rings. The molecule has 100 valence electrons. The SMILES string of the molecule is CNC1CC2CCCC(C1)N2Cc1csc(=O)[nH]1. The van der Waals surface area contributed by atoms with Crippen molar-refractivity contribution in [1.29, 1.82) is 0 Å². The quantitative estimate of drug-likeness (QED) is 0.873. The maximum atomic E-state index is 11.2. The number of piperidine rings is 2. The summed E-state index contributed by atoms with van der Waals surface area (Å²) in [6.07, 6.45) is 6.48. The van der Waals surface area contributed by atoms with Crippen molar-refractivity contribution in [3.63, 3.8) is 0 Å². The minimum absolute atomic E-state index is 0.0697. The molecule has 5 heteroatoms. The Kier molecular flexibility index (Phi) is 3.54. The van der Waals surface area contributed by atoms with Crippen molar-refractivity contribution in [3.05, 3.63) is 20.7 Å². The standard InChI is InChI=1S/C13H21N3OS/c1-14-9-5-11-3-2-4-12(6-9)16(11)7-10-8-18-13(17)15-10/h8-9,11-12,14H,2-7H2,1H3,(H,15,17). The molecule has 0 saturated carbocycles. The summed E-state index contributed by atoms with van der Waals surface area (Å²) < 4.78 is 0. The molecule has 2 bridgehead atoms. The van der Waals surface area contributed by atoms with Gasteiger partial charge in [0.1, 0.15) is 0 Å². The zero-order valence-corrected chi connectivity index (χ0v) is 11.6. The topological polar surface area (TPSA) is 48.1 Å². The molecule has 2 unspecified atom stereocenters. The fraction of sp³-hybridized carbons (Fsp3) is 0.769. The maximum Gasteiger partial charge on any atom is 0.304 e. The summed E-state index contributed by atoms with van der Waals surface area (Å²) in [6.45, 7) is 0.921. The molecule has 0 aliphatic carbocycles. The molecular weight excluding hydrogens is 246 g/mol. The van der Waals surface area contributed by atoms with Gasteiger partial charge < -0.3 is 10.3 Å². The van der Waals surface area contributed by atoms with Gasteiger partial charge in [-0.2, -0.15) is 0 Å². The molecule has 0 amide bonds. The van der Waals surface area contributed by atoms with Gasteiger partial charge in [0, 0.05) is 35.7 Å². The first kappa shape index (κ1) is 12.4.